The largest absolute Gasteiger partial charge is 0.390 e. The third-order valence-corrected chi connectivity index (χ3v) is 3.54. The van der Waals surface area contributed by atoms with Gasteiger partial charge in [-0.05, 0) is 32.6 Å². The summed E-state index contributed by atoms with van der Waals surface area (Å²) in [5.74, 6) is 0.226. The lowest BCUT2D eigenvalue weighted by molar-refractivity contribution is -0.134. The lowest BCUT2D eigenvalue weighted by Gasteiger charge is -2.35. The molecular weight excluding hydrogens is 204 g/mol. The van der Waals surface area contributed by atoms with Crippen LogP contribution in [-0.4, -0.2) is 47.2 Å². The van der Waals surface area contributed by atoms with Crippen LogP contribution in [-0.2, 0) is 4.79 Å². The third-order valence-electron chi connectivity index (χ3n) is 3.54. The number of hydrogen-bond donors (Lipinski definition) is 2. The maximum absolute atomic E-state index is 11.8. The van der Waals surface area contributed by atoms with Gasteiger partial charge in [0.25, 0.3) is 0 Å². The first-order chi connectivity index (χ1) is 7.57. The van der Waals surface area contributed by atoms with E-state index >= 15 is 0 Å². The number of nitrogens with one attached hydrogen (secondary N) is 1. The molecule has 0 unspecified atom stereocenters. The molecule has 2 rings (SSSR count). The summed E-state index contributed by atoms with van der Waals surface area (Å²) in [5.41, 5.74) is -0.566. The van der Waals surface area contributed by atoms with Crippen LogP contribution in [0.15, 0.2) is 0 Å². The van der Waals surface area contributed by atoms with Crippen molar-refractivity contribution < 1.29 is 9.90 Å². The maximum atomic E-state index is 11.8. The molecule has 4 nitrogen and oxygen atoms in total. The molecule has 1 saturated carbocycles. The van der Waals surface area contributed by atoms with E-state index in [1.807, 2.05) is 11.8 Å². The van der Waals surface area contributed by atoms with Crippen LogP contribution in [0.2, 0.25) is 0 Å². The zero-order valence-electron chi connectivity index (χ0n) is 10.0. The fraction of sp³-hybridized carbons (Fsp3) is 0.917. The van der Waals surface area contributed by atoms with Gasteiger partial charge in [-0.15, -0.1) is 0 Å². The molecule has 0 radical (unpaired) electrons. The van der Waals surface area contributed by atoms with Crippen molar-refractivity contribution in [3.05, 3.63) is 0 Å². The highest BCUT2D eigenvalue weighted by Crippen LogP contribution is 2.21. The Bertz CT molecular complexity index is 252. The van der Waals surface area contributed by atoms with Gasteiger partial charge in [-0.2, -0.15) is 0 Å². The van der Waals surface area contributed by atoms with E-state index in [2.05, 4.69) is 5.32 Å². The first kappa shape index (κ1) is 11.9. The van der Waals surface area contributed by atoms with Crippen molar-refractivity contribution in [3.63, 3.8) is 0 Å². The predicted octanol–water partition coefficient (Wildman–Crippen LogP) is 0.502. The molecule has 0 spiro atoms. The van der Waals surface area contributed by atoms with Crippen LogP contribution in [0.5, 0.6) is 0 Å². The van der Waals surface area contributed by atoms with Crippen molar-refractivity contribution in [1.29, 1.82) is 0 Å². The summed E-state index contributed by atoms with van der Waals surface area (Å²) in [6.07, 6.45) is 4.53. The number of rotatable bonds is 4. The smallest absolute Gasteiger partial charge is 0.223 e. The number of amides is 1. The standard InChI is InChI=1S/C12H22N2O2/c1-12(16)5-8-14(9-6-12)11(15)4-7-13-10-2-3-10/h10,13,16H,2-9H2,1H3. The molecule has 0 aromatic rings. The molecule has 92 valence electrons. The van der Waals surface area contributed by atoms with Crippen LogP contribution in [0.25, 0.3) is 0 Å². The first-order valence-electron chi connectivity index (χ1n) is 6.30. The maximum Gasteiger partial charge on any atom is 0.223 e. The second-order valence-electron chi connectivity index (χ2n) is 5.36. The Hall–Kier alpha value is -0.610. The summed E-state index contributed by atoms with van der Waals surface area (Å²) in [6, 6.07) is 0.676. The van der Waals surface area contributed by atoms with E-state index in [-0.39, 0.29) is 5.91 Å². The summed E-state index contributed by atoms with van der Waals surface area (Å²) >= 11 is 0. The average Bonchev–Trinajstić information content (AvgIpc) is 3.01. The van der Waals surface area contributed by atoms with E-state index < -0.39 is 5.60 Å². The topological polar surface area (TPSA) is 52.6 Å². The summed E-state index contributed by atoms with van der Waals surface area (Å²) in [6.45, 7) is 4.06. The Balaban J connectivity index is 1.65. The van der Waals surface area contributed by atoms with Gasteiger partial charge in [0.15, 0.2) is 0 Å². The fourth-order valence-corrected chi connectivity index (χ4v) is 2.07. The average molecular weight is 226 g/mol. The van der Waals surface area contributed by atoms with E-state index in [4.69, 9.17) is 0 Å². The normalized spacial score (nSPS) is 24.5. The number of carbonyl (C=O) groups excluding carboxylic acids is 1. The van der Waals surface area contributed by atoms with Crippen LogP contribution in [0, 0.1) is 0 Å². The van der Waals surface area contributed by atoms with Gasteiger partial charge in [-0.25, -0.2) is 0 Å². The molecular formula is C12H22N2O2. The van der Waals surface area contributed by atoms with E-state index in [1.54, 1.807) is 0 Å². The molecule has 1 heterocycles. The SMILES string of the molecule is CC1(O)CCN(C(=O)CCNC2CC2)CC1. The molecule has 1 amide bonds. The number of piperidine rings is 1. The van der Waals surface area contributed by atoms with E-state index in [1.165, 1.54) is 12.8 Å². The Morgan fingerprint density at radius 1 is 1.44 bits per heavy atom. The lowest BCUT2D eigenvalue weighted by atomic mass is 9.94. The number of aliphatic hydroxyl groups is 1. The van der Waals surface area contributed by atoms with E-state index in [0.29, 0.717) is 38.4 Å². The van der Waals surface area contributed by atoms with Crippen molar-refractivity contribution in [1.82, 2.24) is 10.2 Å². The van der Waals surface area contributed by atoms with Gasteiger partial charge >= 0.3 is 0 Å². The minimum atomic E-state index is -0.566. The number of carbonyl (C=O) groups is 1. The van der Waals surface area contributed by atoms with E-state index in [0.717, 1.165) is 6.54 Å². The van der Waals surface area contributed by atoms with Gasteiger partial charge in [-0.1, -0.05) is 0 Å². The Labute approximate surface area is 97.0 Å². The summed E-state index contributed by atoms with van der Waals surface area (Å²) in [7, 11) is 0. The molecule has 0 aromatic carbocycles. The monoisotopic (exact) mass is 226 g/mol. The van der Waals surface area contributed by atoms with Gasteiger partial charge in [0.1, 0.15) is 0 Å². The number of likely N-dealkylation sites (tertiary alicyclic amines) is 1. The van der Waals surface area contributed by atoms with Crippen LogP contribution in [0.1, 0.15) is 39.0 Å². The molecule has 0 aromatic heterocycles. The van der Waals surface area contributed by atoms with Crippen LogP contribution in [0.4, 0.5) is 0 Å². The van der Waals surface area contributed by atoms with Gasteiger partial charge in [0.2, 0.25) is 5.91 Å². The zero-order chi connectivity index (χ0) is 11.6. The summed E-state index contributed by atoms with van der Waals surface area (Å²) in [4.78, 5) is 13.7. The van der Waals surface area contributed by atoms with Gasteiger partial charge in [-0.3, -0.25) is 4.79 Å². The molecule has 2 aliphatic rings. The van der Waals surface area contributed by atoms with Crippen LogP contribution >= 0.6 is 0 Å². The van der Waals surface area contributed by atoms with Crippen molar-refractivity contribution >= 4 is 5.91 Å². The zero-order valence-corrected chi connectivity index (χ0v) is 10.0. The van der Waals surface area contributed by atoms with Gasteiger partial charge in [0, 0.05) is 32.1 Å². The van der Waals surface area contributed by atoms with Crippen molar-refractivity contribution in [2.45, 2.75) is 50.7 Å². The molecule has 2 N–H and O–H groups in total. The molecule has 1 saturated heterocycles. The highest BCUT2D eigenvalue weighted by molar-refractivity contribution is 5.76. The highest BCUT2D eigenvalue weighted by atomic mass is 16.3. The molecule has 2 fully saturated rings. The molecule has 0 atom stereocenters. The highest BCUT2D eigenvalue weighted by Gasteiger charge is 2.29. The van der Waals surface area contributed by atoms with Crippen molar-refractivity contribution in [2.75, 3.05) is 19.6 Å². The fourth-order valence-electron chi connectivity index (χ4n) is 2.07. The molecule has 4 heteroatoms. The Morgan fingerprint density at radius 3 is 2.62 bits per heavy atom. The van der Waals surface area contributed by atoms with E-state index in [9.17, 15) is 9.90 Å². The minimum Gasteiger partial charge on any atom is -0.390 e. The predicted molar refractivity (Wildman–Crippen MR) is 62.1 cm³/mol. The second-order valence-corrected chi connectivity index (χ2v) is 5.36. The number of hydrogen-bond acceptors (Lipinski definition) is 3. The second kappa shape index (κ2) is 4.72. The molecule has 0 bridgehead atoms. The Morgan fingerprint density at radius 2 is 2.06 bits per heavy atom. The minimum absolute atomic E-state index is 0.226. The number of nitrogens with zero attached hydrogens (tertiary/aromatic N) is 1. The van der Waals surface area contributed by atoms with Gasteiger partial charge in [0.05, 0.1) is 5.60 Å². The van der Waals surface area contributed by atoms with Crippen LogP contribution in [0.3, 0.4) is 0 Å². The third kappa shape index (κ3) is 3.46. The lowest BCUT2D eigenvalue weighted by Crippen LogP contribution is -2.45. The Kier molecular flexibility index (Phi) is 3.50. The molecule has 16 heavy (non-hydrogen) atoms. The quantitative estimate of drug-likeness (QED) is 0.734. The molecule has 1 aliphatic heterocycles. The summed E-state index contributed by atoms with van der Waals surface area (Å²) < 4.78 is 0. The molecule has 1 aliphatic carbocycles. The summed E-state index contributed by atoms with van der Waals surface area (Å²) in [5, 5.41) is 13.1. The van der Waals surface area contributed by atoms with Crippen molar-refractivity contribution in [3.8, 4) is 0 Å². The van der Waals surface area contributed by atoms with Crippen LogP contribution < -0.4 is 5.32 Å². The first-order valence-corrected chi connectivity index (χ1v) is 6.30. The van der Waals surface area contributed by atoms with Crippen molar-refractivity contribution in [2.24, 2.45) is 0 Å². The van der Waals surface area contributed by atoms with Gasteiger partial charge < -0.3 is 15.3 Å².